The average molecular weight is 280 g/mol. The first kappa shape index (κ1) is 14.9. The third-order valence-corrected chi connectivity index (χ3v) is 2.89. The molecular formula is C11H22BrNO2. The Bertz CT molecular complexity index is 187. The number of alkyl halides is 1. The normalized spacial score (nSPS) is 14.7. The number of hydrogen-bond acceptors (Lipinski definition) is 2. The molecular weight excluding hydrogens is 258 g/mol. The van der Waals surface area contributed by atoms with Gasteiger partial charge in [0.05, 0.1) is 11.4 Å². The van der Waals surface area contributed by atoms with Gasteiger partial charge in [0, 0.05) is 26.6 Å². The lowest BCUT2D eigenvalue weighted by Gasteiger charge is -2.23. The fraction of sp³-hybridized carbons (Fsp3) is 0.909. The molecule has 3 nitrogen and oxygen atoms in total. The summed E-state index contributed by atoms with van der Waals surface area (Å²) in [6, 6.07) is 0. The summed E-state index contributed by atoms with van der Waals surface area (Å²) in [6.07, 6.45) is 2.01. The molecule has 2 unspecified atom stereocenters. The van der Waals surface area contributed by atoms with Crippen LogP contribution in [0.2, 0.25) is 0 Å². The minimum Gasteiger partial charge on any atom is -0.383 e. The molecule has 0 aliphatic heterocycles. The van der Waals surface area contributed by atoms with Gasteiger partial charge < -0.3 is 9.64 Å². The molecule has 0 radical (unpaired) electrons. The molecule has 0 spiro atoms. The Morgan fingerprint density at radius 3 is 2.60 bits per heavy atom. The van der Waals surface area contributed by atoms with Crippen LogP contribution < -0.4 is 0 Å². The Morgan fingerprint density at radius 1 is 1.53 bits per heavy atom. The van der Waals surface area contributed by atoms with E-state index in [0.717, 1.165) is 12.8 Å². The van der Waals surface area contributed by atoms with E-state index < -0.39 is 0 Å². The first-order valence-corrected chi connectivity index (χ1v) is 6.32. The van der Waals surface area contributed by atoms with Gasteiger partial charge >= 0.3 is 0 Å². The van der Waals surface area contributed by atoms with Crippen LogP contribution in [0.1, 0.15) is 26.7 Å². The number of carbonyl (C=O) groups excluding carboxylic acids is 1. The van der Waals surface area contributed by atoms with Crippen LogP contribution in [-0.4, -0.2) is 42.9 Å². The summed E-state index contributed by atoms with van der Waals surface area (Å²) in [4.78, 5) is 13.8. The molecule has 4 heteroatoms. The molecule has 0 saturated heterocycles. The van der Waals surface area contributed by atoms with Gasteiger partial charge in [-0.15, -0.1) is 0 Å². The molecule has 0 aromatic rings. The van der Waals surface area contributed by atoms with E-state index in [1.807, 2.05) is 14.0 Å². The van der Waals surface area contributed by atoms with Crippen LogP contribution in [0.4, 0.5) is 0 Å². The van der Waals surface area contributed by atoms with E-state index in [2.05, 4.69) is 22.9 Å². The molecule has 0 rings (SSSR count). The smallest absolute Gasteiger partial charge is 0.225 e. The number of nitrogens with zero attached hydrogens (tertiary/aromatic N) is 1. The molecule has 0 saturated carbocycles. The number of halogens is 1. The Balaban J connectivity index is 3.97. The van der Waals surface area contributed by atoms with Gasteiger partial charge in [-0.2, -0.15) is 0 Å². The first-order chi connectivity index (χ1) is 7.02. The summed E-state index contributed by atoms with van der Waals surface area (Å²) >= 11 is 3.48. The van der Waals surface area contributed by atoms with Crippen LogP contribution >= 0.6 is 15.9 Å². The van der Waals surface area contributed by atoms with Crippen LogP contribution in [0, 0.1) is 5.92 Å². The minimum atomic E-state index is 0.127. The van der Waals surface area contributed by atoms with Gasteiger partial charge in [-0.3, -0.25) is 4.79 Å². The van der Waals surface area contributed by atoms with Gasteiger partial charge in [0.1, 0.15) is 0 Å². The molecule has 0 bridgehead atoms. The third-order valence-electron chi connectivity index (χ3n) is 2.34. The molecule has 2 atom stereocenters. The van der Waals surface area contributed by atoms with E-state index in [9.17, 15) is 4.79 Å². The van der Waals surface area contributed by atoms with E-state index in [0.29, 0.717) is 13.2 Å². The highest BCUT2D eigenvalue weighted by Gasteiger charge is 2.18. The highest BCUT2D eigenvalue weighted by atomic mass is 79.9. The van der Waals surface area contributed by atoms with Crippen LogP contribution in [0.3, 0.4) is 0 Å². The molecule has 0 aliphatic rings. The van der Waals surface area contributed by atoms with Crippen LogP contribution in [0.25, 0.3) is 0 Å². The zero-order chi connectivity index (χ0) is 11.8. The monoisotopic (exact) mass is 279 g/mol. The Morgan fingerprint density at radius 2 is 2.13 bits per heavy atom. The second kappa shape index (κ2) is 8.11. The van der Waals surface area contributed by atoms with Gasteiger partial charge in [0.25, 0.3) is 0 Å². The number of amides is 1. The molecule has 15 heavy (non-hydrogen) atoms. The lowest BCUT2D eigenvalue weighted by atomic mass is 10.1. The van der Waals surface area contributed by atoms with Crippen LogP contribution in [0.5, 0.6) is 0 Å². The zero-order valence-electron chi connectivity index (χ0n) is 10.1. The van der Waals surface area contributed by atoms with Gasteiger partial charge in [-0.25, -0.2) is 0 Å². The summed E-state index contributed by atoms with van der Waals surface area (Å²) < 4.78 is 5.01. The second-order valence-electron chi connectivity index (χ2n) is 3.96. The topological polar surface area (TPSA) is 29.5 Å². The van der Waals surface area contributed by atoms with Crippen molar-refractivity contribution >= 4 is 21.8 Å². The van der Waals surface area contributed by atoms with Crippen LogP contribution in [0.15, 0.2) is 0 Å². The van der Waals surface area contributed by atoms with Gasteiger partial charge in [0.15, 0.2) is 0 Å². The number of ether oxygens (including phenoxy) is 1. The number of methoxy groups -OCH3 is 1. The Labute approximate surface area is 101 Å². The van der Waals surface area contributed by atoms with Crippen molar-refractivity contribution in [3.05, 3.63) is 0 Å². The quantitative estimate of drug-likeness (QED) is 0.670. The van der Waals surface area contributed by atoms with E-state index in [4.69, 9.17) is 4.74 Å². The Hall–Kier alpha value is -0.0900. The number of carbonyl (C=O) groups is 1. The molecule has 0 fully saturated rings. The molecule has 90 valence electrons. The first-order valence-electron chi connectivity index (χ1n) is 5.40. The van der Waals surface area contributed by atoms with Crippen LogP contribution in [-0.2, 0) is 9.53 Å². The van der Waals surface area contributed by atoms with Crippen molar-refractivity contribution < 1.29 is 9.53 Å². The molecule has 0 heterocycles. The summed E-state index contributed by atoms with van der Waals surface area (Å²) in [5.41, 5.74) is 0. The lowest BCUT2D eigenvalue weighted by Crippen LogP contribution is -2.36. The van der Waals surface area contributed by atoms with Crippen molar-refractivity contribution in [2.75, 3.05) is 27.3 Å². The molecule has 0 N–H and O–H groups in total. The fourth-order valence-corrected chi connectivity index (χ4v) is 2.25. The van der Waals surface area contributed by atoms with Gasteiger partial charge in [-0.1, -0.05) is 36.2 Å². The standard InChI is InChI=1S/C11H22BrNO2/c1-5-6-9(2)11(14)13(3)7-10(12)8-15-4/h9-10H,5-8H2,1-4H3. The van der Waals surface area contributed by atoms with Crippen molar-refractivity contribution in [2.45, 2.75) is 31.5 Å². The maximum absolute atomic E-state index is 11.8. The summed E-state index contributed by atoms with van der Waals surface area (Å²) in [5, 5.41) is 0. The van der Waals surface area contributed by atoms with E-state index in [1.54, 1.807) is 12.0 Å². The molecule has 1 amide bonds. The zero-order valence-corrected chi connectivity index (χ0v) is 11.7. The van der Waals surface area contributed by atoms with Crippen molar-refractivity contribution in [3.63, 3.8) is 0 Å². The third kappa shape index (κ3) is 6.15. The summed E-state index contributed by atoms with van der Waals surface area (Å²) in [5.74, 6) is 0.347. The predicted octanol–water partition coefficient (Wildman–Crippen LogP) is 2.29. The summed E-state index contributed by atoms with van der Waals surface area (Å²) in [7, 11) is 3.51. The number of rotatable bonds is 7. The van der Waals surface area contributed by atoms with Gasteiger partial charge in [-0.05, 0) is 6.42 Å². The maximum Gasteiger partial charge on any atom is 0.225 e. The van der Waals surface area contributed by atoms with Crippen molar-refractivity contribution in [3.8, 4) is 0 Å². The van der Waals surface area contributed by atoms with E-state index in [1.165, 1.54) is 0 Å². The fourth-order valence-electron chi connectivity index (χ4n) is 1.55. The number of hydrogen-bond donors (Lipinski definition) is 0. The van der Waals surface area contributed by atoms with Crippen molar-refractivity contribution in [2.24, 2.45) is 5.92 Å². The van der Waals surface area contributed by atoms with Gasteiger partial charge in [0.2, 0.25) is 5.91 Å². The predicted molar refractivity (Wildman–Crippen MR) is 66.3 cm³/mol. The largest absolute Gasteiger partial charge is 0.383 e. The second-order valence-corrected chi connectivity index (χ2v) is 5.26. The Kier molecular flexibility index (Phi) is 8.06. The highest BCUT2D eigenvalue weighted by Crippen LogP contribution is 2.10. The SMILES string of the molecule is CCCC(C)C(=O)N(C)CC(Br)COC. The highest BCUT2D eigenvalue weighted by molar-refractivity contribution is 9.09. The summed E-state index contributed by atoms with van der Waals surface area (Å²) in [6.45, 7) is 5.41. The molecule has 0 aromatic carbocycles. The van der Waals surface area contributed by atoms with E-state index in [-0.39, 0.29) is 16.7 Å². The average Bonchev–Trinajstić information content (AvgIpc) is 2.17. The molecule has 0 aromatic heterocycles. The van der Waals surface area contributed by atoms with E-state index >= 15 is 0 Å². The molecule has 0 aliphatic carbocycles. The lowest BCUT2D eigenvalue weighted by molar-refractivity contribution is -0.133. The minimum absolute atomic E-state index is 0.127. The maximum atomic E-state index is 11.8. The van der Waals surface area contributed by atoms with Crippen molar-refractivity contribution in [1.82, 2.24) is 4.90 Å². The van der Waals surface area contributed by atoms with Crippen molar-refractivity contribution in [1.29, 1.82) is 0 Å².